The van der Waals surface area contributed by atoms with Crippen molar-refractivity contribution in [3.8, 4) is 11.3 Å². The minimum absolute atomic E-state index is 0.0338. The molecule has 1 N–H and O–H groups in total. The summed E-state index contributed by atoms with van der Waals surface area (Å²) in [6.07, 6.45) is 4.09. The van der Waals surface area contributed by atoms with Crippen LogP contribution in [-0.2, 0) is 4.74 Å². The highest BCUT2D eigenvalue weighted by molar-refractivity contribution is 5.93. The van der Waals surface area contributed by atoms with Crippen LogP contribution < -0.4 is 0 Å². The fraction of sp³-hybridized carbons (Fsp3) is 0.316. The van der Waals surface area contributed by atoms with Crippen LogP contribution in [-0.4, -0.2) is 45.7 Å². The molecule has 7 heteroatoms. The first-order valence-electron chi connectivity index (χ1n) is 8.52. The van der Waals surface area contributed by atoms with Gasteiger partial charge >= 0.3 is 0 Å². The molecule has 1 amide bonds. The number of nitrogens with zero attached hydrogens (tertiary/aromatic N) is 3. The van der Waals surface area contributed by atoms with E-state index < -0.39 is 0 Å². The van der Waals surface area contributed by atoms with Crippen LogP contribution in [0.25, 0.3) is 11.3 Å². The molecule has 0 bridgehead atoms. The van der Waals surface area contributed by atoms with Gasteiger partial charge in [-0.2, -0.15) is 0 Å². The zero-order chi connectivity index (χ0) is 18.1. The van der Waals surface area contributed by atoms with E-state index >= 15 is 0 Å². The van der Waals surface area contributed by atoms with Gasteiger partial charge in [-0.3, -0.25) is 4.79 Å². The average molecular weight is 352 g/mol. The number of amides is 1. The monoisotopic (exact) mass is 352 g/mol. The van der Waals surface area contributed by atoms with E-state index in [2.05, 4.69) is 15.1 Å². The largest absolute Gasteiger partial charge is 0.380 e. The van der Waals surface area contributed by atoms with E-state index in [1.54, 1.807) is 30.5 Å². The SMILES string of the molecule is CO[C@@H]1CC(c2ncc[nH]2)N(C(=O)c2cc(-c3ccc(C)cc3)no2)C1. The van der Waals surface area contributed by atoms with E-state index in [1.807, 2.05) is 31.2 Å². The molecular weight excluding hydrogens is 332 g/mol. The van der Waals surface area contributed by atoms with E-state index in [-0.39, 0.29) is 23.8 Å². The van der Waals surface area contributed by atoms with E-state index in [9.17, 15) is 4.79 Å². The summed E-state index contributed by atoms with van der Waals surface area (Å²) in [4.78, 5) is 22.1. The number of carbonyl (C=O) groups excluding carboxylic acids is 1. The van der Waals surface area contributed by atoms with Gasteiger partial charge in [0.2, 0.25) is 5.76 Å². The van der Waals surface area contributed by atoms with Crippen molar-refractivity contribution in [2.45, 2.75) is 25.5 Å². The van der Waals surface area contributed by atoms with Crippen molar-refractivity contribution < 1.29 is 14.1 Å². The van der Waals surface area contributed by atoms with Crippen molar-refractivity contribution in [2.24, 2.45) is 0 Å². The first-order chi connectivity index (χ1) is 12.7. The van der Waals surface area contributed by atoms with Gasteiger partial charge in [-0.05, 0) is 6.92 Å². The van der Waals surface area contributed by atoms with Crippen LogP contribution in [0.4, 0.5) is 0 Å². The highest BCUT2D eigenvalue weighted by Gasteiger charge is 2.39. The highest BCUT2D eigenvalue weighted by atomic mass is 16.5. The summed E-state index contributed by atoms with van der Waals surface area (Å²) in [6, 6.07) is 9.44. The Labute approximate surface area is 151 Å². The van der Waals surface area contributed by atoms with Gasteiger partial charge in [0.15, 0.2) is 0 Å². The lowest BCUT2D eigenvalue weighted by Crippen LogP contribution is -2.32. The van der Waals surface area contributed by atoms with Crippen LogP contribution in [0, 0.1) is 6.92 Å². The fourth-order valence-electron chi connectivity index (χ4n) is 3.29. The molecule has 1 fully saturated rings. The Morgan fingerprint density at radius 1 is 1.35 bits per heavy atom. The Kier molecular flexibility index (Phi) is 4.30. The number of benzene rings is 1. The standard InChI is InChI=1S/C19H20N4O3/c1-12-3-5-13(6-4-12)15-10-17(26-22-15)19(24)23-11-14(25-2)9-16(23)18-20-7-8-21-18/h3-8,10,14,16H,9,11H2,1-2H3,(H,20,21)/t14-,16?/m1/s1. The molecule has 7 nitrogen and oxygen atoms in total. The maximum Gasteiger partial charge on any atom is 0.293 e. The van der Waals surface area contributed by atoms with Crippen LogP contribution in [0.3, 0.4) is 0 Å². The Morgan fingerprint density at radius 3 is 2.85 bits per heavy atom. The Balaban J connectivity index is 1.59. The number of ether oxygens (including phenoxy) is 1. The molecule has 2 atom stereocenters. The van der Waals surface area contributed by atoms with Crippen LogP contribution in [0.1, 0.15) is 34.4 Å². The number of nitrogens with one attached hydrogen (secondary N) is 1. The molecule has 3 aromatic rings. The molecular formula is C19H20N4O3. The fourth-order valence-corrected chi connectivity index (χ4v) is 3.29. The van der Waals surface area contributed by atoms with Gasteiger partial charge in [0.25, 0.3) is 5.91 Å². The van der Waals surface area contributed by atoms with Gasteiger partial charge in [-0.15, -0.1) is 0 Å². The predicted octanol–water partition coefficient (Wildman–Crippen LogP) is 2.98. The highest BCUT2D eigenvalue weighted by Crippen LogP contribution is 2.33. The van der Waals surface area contributed by atoms with Gasteiger partial charge in [-0.25, -0.2) is 4.98 Å². The van der Waals surface area contributed by atoms with E-state index in [0.29, 0.717) is 18.7 Å². The van der Waals surface area contributed by atoms with Crippen LogP contribution in [0.5, 0.6) is 0 Å². The number of imidazole rings is 1. The third-order valence-corrected chi connectivity index (χ3v) is 4.76. The lowest BCUT2D eigenvalue weighted by atomic mass is 10.1. The number of carbonyl (C=O) groups is 1. The molecule has 0 aliphatic carbocycles. The molecule has 1 unspecified atom stereocenters. The first-order valence-corrected chi connectivity index (χ1v) is 8.52. The molecule has 2 aromatic heterocycles. The quantitative estimate of drug-likeness (QED) is 0.780. The van der Waals surface area contributed by atoms with Crippen LogP contribution in [0.2, 0.25) is 0 Å². The Bertz CT molecular complexity index is 886. The van der Waals surface area contributed by atoms with Gasteiger partial charge in [0, 0.05) is 44.1 Å². The summed E-state index contributed by atoms with van der Waals surface area (Å²) < 4.78 is 10.8. The second kappa shape index (κ2) is 6.76. The predicted molar refractivity (Wildman–Crippen MR) is 94.5 cm³/mol. The molecule has 0 radical (unpaired) electrons. The molecule has 134 valence electrons. The zero-order valence-electron chi connectivity index (χ0n) is 14.7. The zero-order valence-corrected chi connectivity index (χ0v) is 14.7. The molecule has 0 spiro atoms. The minimum atomic E-state index is -0.211. The summed E-state index contributed by atoms with van der Waals surface area (Å²) in [5, 5.41) is 4.06. The topological polar surface area (TPSA) is 84.2 Å². The van der Waals surface area contributed by atoms with Gasteiger partial charge in [0.1, 0.15) is 11.5 Å². The smallest absolute Gasteiger partial charge is 0.293 e. The second-order valence-corrected chi connectivity index (χ2v) is 6.48. The number of rotatable bonds is 4. The van der Waals surface area contributed by atoms with Gasteiger partial charge in [-0.1, -0.05) is 35.0 Å². The van der Waals surface area contributed by atoms with E-state index in [4.69, 9.17) is 9.26 Å². The lowest BCUT2D eigenvalue weighted by molar-refractivity contribution is 0.0645. The summed E-state index contributed by atoms with van der Waals surface area (Å²) in [5.74, 6) is 0.752. The normalized spacial score (nSPS) is 19.8. The average Bonchev–Trinajstić information content (AvgIpc) is 3.40. The van der Waals surface area contributed by atoms with Crippen LogP contribution >= 0.6 is 0 Å². The maximum absolute atomic E-state index is 13.0. The third-order valence-electron chi connectivity index (χ3n) is 4.76. The number of aryl methyl sites for hydroxylation is 1. The summed E-state index contributed by atoms with van der Waals surface area (Å²) in [5.41, 5.74) is 2.72. The molecule has 26 heavy (non-hydrogen) atoms. The molecule has 1 aliphatic heterocycles. The molecule has 1 aromatic carbocycles. The lowest BCUT2D eigenvalue weighted by Gasteiger charge is -2.21. The van der Waals surface area contributed by atoms with Crippen LogP contribution in [0.15, 0.2) is 47.2 Å². The first kappa shape index (κ1) is 16.5. The van der Waals surface area contributed by atoms with Crippen molar-refractivity contribution in [3.63, 3.8) is 0 Å². The number of likely N-dealkylation sites (tertiary alicyclic amines) is 1. The molecule has 0 saturated carbocycles. The summed E-state index contributed by atoms with van der Waals surface area (Å²) in [7, 11) is 1.65. The number of methoxy groups -OCH3 is 1. The number of aromatic amines is 1. The molecule has 4 rings (SSSR count). The van der Waals surface area contributed by atoms with Crippen molar-refractivity contribution in [1.82, 2.24) is 20.0 Å². The number of hydrogen-bond acceptors (Lipinski definition) is 5. The Hall–Kier alpha value is -2.93. The van der Waals surface area contributed by atoms with Crippen molar-refractivity contribution >= 4 is 5.91 Å². The number of H-pyrrole nitrogens is 1. The Morgan fingerprint density at radius 2 is 2.15 bits per heavy atom. The third kappa shape index (κ3) is 3.01. The van der Waals surface area contributed by atoms with Crippen molar-refractivity contribution in [1.29, 1.82) is 0 Å². The number of aromatic nitrogens is 3. The second-order valence-electron chi connectivity index (χ2n) is 6.48. The molecule has 1 aliphatic rings. The van der Waals surface area contributed by atoms with Gasteiger partial charge in [0.05, 0.1) is 12.1 Å². The summed E-state index contributed by atoms with van der Waals surface area (Å²) in [6.45, 7) is 2.51. The minimum Gasteiger partial charge on any atom is -0.380 e. The number of hydrogen-bond donors (Lipinski definition) is 1. The van der Waals surface area contributed by atoms with Crippen molar-refractivity contribution in [3.05, 3.63) is 59.9 Å². The van der Waals surface area contributed by atoms with E-state index in [1.165, 1.54) is 0 Å². The summed E-state index contributed by atoms with van der Waals surface area (Å²) >= 11 is 0. The molecule has 1 saturated heterocycles. The molecule has 3 heterocycles. The van der Waals surface area contributed by atoms with Crippen molar-refractivity contribution in [2.75, 3.05) is 13.7 Å². The van der Waals surface area contributed by atoms with Gasteiger partial charge < -0.3 is 19.1 Å². The maximum atomic E-state index is 13.0. The van der Waals surface area contributed by atoms with E-state index in [0.717, 1.165) is 17.0 Å².